The van der Waals surface area contributed by atoms with E-state index >= 15 is 0 Å². The van der Waals surface area contributed by atoms with E-state index in [0.29, 0.717) is 23.9 Å². The molecule has 142 valence electrons. The number of nitrogens with one attached hydrogen (secondary N) is 1. The summed E-state index contributed by atoms with van der Waals surface area (Å²) in [6, 6.07) is 6.64. The van der Waals surface area contributed by atoms with Crippen LogP contribution in [0.5, 0.6) is 0 Å². The number of hydrogen-bond donors (Lipinski definition) is 1. The summed E-state index contributed by atoms with van der Waals surface area (Å²) >= 11 is 0. The van der Waals surface area contributed by atoms with Gasteiger partial charge in [-0.1, -0.05) is 12.1 Å². The van der Waals surface area contributed by atoms with Crippen LogP contribution >= 0.6 is 12.4 Å². The number of piperidine rings is 1. The first-order chi connectivity index (χ1) is 12.0. The van der Waals surface area contributed by atoms with Gasteiger partial charge in [-0.05, 0) is 32.0 Å². The second-order valence-electron chi connectivity index (χ2n) is 5.99. The highest BCUT2D eigenvalue weighted by Gasteiger charge is 2.31. The largest absolute Gasteiger partial charge is 0.464 e. The third kappa shape index (κ3) is 3.68. The number of hydrogen-bond acceptors (Lipinski definition) is 6. The molecule has 7 nitrogen and oxygen atoms in total. The lowest BCUT2D eigenvalue weighted by Crippen LogP contribution is -2.46. The Morgan fingerprint density at radius 2 is 2.08 bits per heavy atom. The van der Waals surface area contributed by atoms with Gasteiger partial charge in [-0.3, -0.25) is 0 Å². The molecule has 0 amide bonds. The number of benzene rings is 1. The van der Waals surface area contributed by atoms with Crippen LogP contribution in [-0.4, -0.2) is 57.0 Å². The maximum Gasteiger partial charge on any atom is 0.357 e. The van der Waals surface area contributed by atoms with E-state index in [2.05, 4.69) is 10.3 Å². The highest BCUT2D eigenvalue weighted by molar-refractivity contribution is 7.89. The summed E-state index contributed by atoms with van der Waals surface area (Å²) in [7, 11) is -0.554. The normalized spacial score (nSPS) is 18.3. The van der Waals surface area contributed by atoms with Gasteiger partial charge in [0.05, 0.1) is 12.0 Å². The smallest absolute Gasteiger partial charge is 0.357 e. The van der Waals surface area contributed by atoms with Crippen molar-refractivity contribution >= 4 is 39.2 Å². The highest BCUT2D eigenvalue weighted by atomic mass is 35.5. The van der Waals surface area contributed by atoms with Crippen molar-refractivity contribution in [3.8, 4) is 0 Å². The molecule has 0 saturated carbocycles. The second kappa shape index (κ2) is 8.30. The molecular formula is C17H22ClN3O4S. The quantitative estimate of drug-likeness (QED) is 0.789. The molecule has 1 fully saturated rings. The Morgan fingerprint density at radius 1 is 1.31 bits per heavy atom. The summed E-state index contributed by atoms with van der Waals surface area (Å²) < 4.78 is 32.6. The lowest BCUT2D eigenvalue weighted by molar-refractivity contribution is 0.0596. The molecule has 3 rings (SSSR count). The molecule has 1 unspecified atom stereocenters. The van der Waals surface area contributed by atoms with Gasteiger partial charge in [-0.2, -0.15) is 4.31 Å². The number of esters is 1. The Balaban J connectivity index is 0.00000243. The van der Waals surface area contributed by atoms with E-state index in [1.807, 2.05) is 7.05 Å². The zero-order valence-corrected chi connectivity index (χ0v) is 16.3. The highest BCUT2D eigenvalue weighted by Crippen LogP contribution is 2.29. The Kier molecular flexibility index (Phi) is 6.57. The van der Waals surface area contributed by atoms with Crippen molar-refractivity contribution in [3.63, 3.8) is 0 Å². The third-order valence-electron chi connectivity index (χ3n) is 4.56. The first kappa shape index (κ1) is 20.6. The van der Waals surface area contributed by atoms with Crippen LogP contribution in [0.3, 0.4) is 0 Å². The fourth-order valence-corrected chi connectivity index (χ4v) is 4.93. The third-order valence-corrected chi connectivity index (χ3v) is 6.48. The van der Waals surface area contributed by atoms with Crippen molar-refractivity contribution in [2.24, 2.45) is 0 Å². The van der Waals surface area contributed by atoms with E-state index in [9.17, 15) is 13.2 Å². The predicted molar refractivity (Wildman–Crippen MR) is 101 cm³/mol. The maximum absolute atomic E-state index is 13.2. The van der Waals surface area contributed by atoms with Gasteiger partial charge >= 0.3 is 5.97 Å². The molecule has 1 N–H and O–H groups in total. The first-order valence-corrected chi connectivity index (χ1v) is 9.56. The van der Waals surface area contributed by atoms with Crippen LogP contribution in [0.15, 0.2) is 35.4 Å². The number of sulfonamides is 1. The Morgan fingerprint density at radius 3 is 2.77 bits per heavy atom. The average Bonchev–Trinajstić information content (AvgIpc) is 2.66. The van der Waals surface area contributed by atoms with Crippen LogP contribution in [0.2, 0.25) is 0 Å². The van der Waals surface area contributed by atoms with Gasteiger partial charge in [-0.25, -0.2) is 18.2 Å². The van der Waals surface area contributed by atoms with Crippen molar-refractivity contribution in [2.75, 3.05) is 27.2 Å². The average molecular weight is 400 g/mol. The number of rotatable bonds is 4. The van der Waals surface area contributed by atoms with Gasteiger partial charge in [0.1, 0.15) is 0 Å². The lowest BCUT2D eigenvalue weighted by Gasteiger charge is -2.32. The van der Waals surface area contributed by atoms with Gasteiger partial charge in [-0.15, -0.1) is 12.4 Å². The summed E-state index contributed by atoms with van der Waals surface area (Å²) in [4.78, 5) is 16.2. The van der Waals surface area contributed by atoms with E-state index in [0.717, 1.165) is 12.8 Å². The molecule has 1 saturated heterocycles. The second-order valence-corrected chi connectivity index (χ2v) is 7.90. The zero-order valence-electron chi connectivity index (χ0n) is 14.6. The van der Waals surface area contributed by atoms with Crippen LogP contribution in [0, 0.1) is 0 Å². The number of likely N-dealkylation sites (N-methyl/N-ethyl adjacent to an activating group) is 1. The van der Waals surface area contributed by atoms with Crippen molar-refractivity contribution in [2.45, 2.75) is 23.8 Å². The van der Waals surface area contributed by atoms with E-state index in [-0.39, 0.29) is 29.0 Å². The van der Waals surface area contributed by atoms with Gasteiger partial charge in [0, 0.05) is 36.1 Å². The number of halogens is 1. The molecule has 1 aliphatic heterocycles. The van der Waals surface area contributed by atoms with Crippen LogP contribution in [0.25, 0.3) is 10.8 Å². The maximum atomic E-state index is 13.2. The van der Waals surface area contributed by atoms with Crippen molar-refractivity contribution in [1.29, 1.82) is 0 Å². The minimum absolute atomic E-state index is 0. The molecule has 26 heavy (non-hydrogen) atoms. The number of ether oxygens (including phenoxy) is 1. The zero-order chi connectivity index (χ0) is 18.0. The van der Waals surface area contributed by atoms with Gasteiger partial charge in [0.15, 0.2) is 5.69 Å². The number of nitrogens with zero attached hydrogens (tertiary/aromatic N) is 2. The molecule has 0 spiro atoms. The topological polar surface area (TPSA) is 88.6 Å². The Bertz CT molecular complexity index is 904. The minimum atomic E-state index is -3.67. The van der Waals surface area contributed by atoms with Crippen molar-refractivity contribution in [3.05, 3.63) is 36.2 Å². The number of carbonyl (C=O) groups excluding carboxylic acids is 1. The van der Waals surface area contributed by atoms with E-state index < -0.39 is 16.0 Å². The first-order valence-electron chi connectivity index (χ1n) is 8.12. The molecule has 0 aliphatic carbocycles. The SMILES string of the molecule is CNC1CCCN(S(=O)(=O)c2cccc3c(C(=O)OC)nccc23)C1.Cl. The predicted octanol–water partition coefficient (Wildman–Crippen LogP) is 1.82. The summed E-state index contributed by atoms with van der Waals surface area (Å²) in [6.45, 7) is 0.927. The number of carbonyl (C=O) groups is 1. The molecule has 1 aliphatic rings. The van der Waals surface area contributed by atoms with Gasteiger partial charge < -0.3 is 10.1 Å². The molecule has 1 aromatic carbocycles. The minimum Gasteiger partial charge on any atom is -0.464 e. The van der Waals surface area contributed by atoms with Crippen LogP contribution in [-0.2, 0) is 14.8 Å². The fraction of sp³-hybridized carbons (Fsp3) is 0.412. The molecule has 0 radical (unpaired) electrons. The molecule has 2 aromatic rings. The standard InChI is InChI=1S/C17H21N3O4S.ClH/c1-18-12-5-4-10-20(11-12)25(22,23)15-7-3-6-14-13(15)8-9-19-16(14)17(21)24-2;/h3,6-9,12,18H,4-5,10-11H2,1-2H3;1H. The van der Waals surface area contributed by atoms with Crippen LogP contribution < -0.4 is 5.32 Å². The van der Waals surface area contributed by atoms with Crippen molar-refractivity contribution in [1.82, 2.24) is 14.6 Å². The van der Waals surface area contributed by atoms with Crippen molar-refractivity contribution < 1.29 is 17.9 Å². The Hall–Kier alpha value is -1.74. The van der Waals surface area contributed by atoms with Crippen LogP contribution in [0.1, 0.15) is 23.3 Å². The molecule has 1 atom stereocenters. The summed E-state index contributed by atoms with van der Waals surface area (Å²) in [5.74, 6) is -0.589. The number of aromatic nitrogens is 1. The molecule has 1 aromatic heterocycles. The van der Waals surface area contributed by atoms with Gasteiger partial charge in [0.25, 0.3) is 0 Å². The summed E-state index contributed by atoms with van der Waals surface area (Å²) in [5, 5.41) is 4.10. The molecule has 0 bridgehead atoms. The van der Waals surface area contributed by atoms with Crippen LogP contribution in [0.4, 0.5) is 0 Å². The summed E-state index contributed by atoms with van der Waals surface area (Å²) in [6.07, 6.45) is 3.19. The molecule has 2 heterocycles. The van der Waals surface area contributed by atoms with E-state index in [1.54, 1.807) is 24.3 Å². The monoisotopic (exact) mass is 399 g/mol. The van der Waals surface area contributed by atoms with E-state index in [4.69, 9.17) is 4.74 Å². The molecular weight excluding hydrogens is 378 g/mol. The lowest BCUT2D eigenvalue weighted by atomic mass is 10.1. The Labute approximate surface area is 159 Å². The fourth-order valence-electron chi connectivity index (χ4n) is 3.20. The van der Waals surface area contributed by atoms with E-state index in [1.165, 1.54) is 17.6 Å². The van der Waals surface area contributed by atoms with Gasteiger partial charge in [0.2, 0.25) is 10.0 Å². The summed E-state index contributed by atoms with van der Waals surface area (Å²) in [5.41, 5.74) is 0.115. The number of methoxy groups -OCH3 is 1. The number of pyridine rings is 1. The molecule has 9 heteroatoms. The number of fused-ring (bicyclic) bond motifs is 1.